The molecule has 0 amide bonds. The van der Waals surface area contributed by atoms with Crippen LogP contribution in [0.5, 0.6) is 5.75 Å². The van der Waals surface area contributed by atoms with E-state index >= 15 is 0 Å². The lowest BCUT2D eigenvalue weighted by atomic mass is 10.0. The second-order valence-corrected chi connectivity index (χ2v) is 7.03. The lowest BCUT2D eigenvalue weighted by molar-refractivity contribution is -0.137. The van der Waals surface area contributed by atoms with Crippen molar-refractivity contribution in [3.63, 3.8) is 0 Å². The smallest absolute Gasteiger partial charge is 0.304 e. The van der Waals surface area contributed by atoms with Gasteiger partial charge in [0.05, 0.1) is 19.1 Å². The summed E-state index contributed by atoms with van der Waals surface area (Å²) in [4.78, 5) is 12.9. The van der Waals surface area contributed by atoms with E-state index < -0.39 is 5.97 Å². The van der Waals surface area contributed by atoms with E-state index in [9.17, 15) is 4.79 Å². The second-order valence-electron chi connectivity index (χ2n) is 7.03. The maximum absolute atomic E-state index is 10.8. The van der Waals surface area contributed by atoms with Crippen LogP contribution in [-0.2, 0) is 16.1 Å². The van der Waals surface area contributed by atoms with Gasteiger partial charge in [-0.3, -0.25) is 9.69 Å². The predicted octanol–water partition coefficient (Wildman–Crippen LogP) is 3.73. The van der Waals surface area contributed by atoms with Crippen molar-refractivity contribution in [3.05, 3.63) is 64.7 Å². The molecule has 2 aromatic rings. The summed E-state index contributed by atoms with van der Waals surface area (Å²) in [5, 5.41) is 8.85. The fourth-order valence-electron chi connectivity index (χ4n) is 3.37. The molecule has 1 atom stereocenters. The number of carboxylic acid groups (broad SMARTS) is 1. The Labute approximate surface area is 160 Å². The molecular formula is C22H27NO4. The number of morpholine rings is 1. The van der Waals surface area contributed by atoms with Crippen LogP contribution in [0, 0.1) is 13.8 Å². The average molecular weight is 369 g/mol. The van der Waals surface area contributed by atoms with Crippen LogP contribution in [0.2, 0.25) is 0 Å². The first-order valence-electron chi connectivity index (χ1n) is 9.36. The van der Waals surface area contributed by atoms with Crippen LogP contribution in [0.4, 0.5) is 0 Å². The minimum absolute atomic E-state index is 0.0276. The first kappa shape index (κ1) is 19.4. The van der Waals surface area contributed by atoms with Gasteiger partial charge in [-0.2, -0.15) is 0 Å². The molecule has 5 nitrogen and oxygen atoms in total. The van der Waals surface area contributed by atoms with Crippen molar-refractivity contribution in [2.45, 2.75) is 33.0 Å². The Kier molecular flexibility index (Phi) is 6.48. The molecule has 0 bridgehead atoms. The quantitative estimate of drug-likeness (QED) is 0.806. The van der Waals surface area contributed by atoms with Gasteiger partial charge in [0.15, 0.2) is 0 Å². The molecule has 144 valence electrons. The van der Waals surface area contributed by atoms with Gasteiger partial charge in [0.25, 0.3) is 0 Å². The number of carbonyl (C=O) groups is 1. The highest BCUT2D eigenvalue weighted by atomic mass is 16.5. The molecule has 27 heavy (non-hydrogen) atoms. The molecule has 1 heterocycles. The number of aliphatic carboxylic acids is 1. The Morgan fingerprint density at radius 1 is 1.19 bits per heavy atom. The van der Waals surface area contributed by atoms with Crippen molar-refractivity contribution >= 4 is 5.97 Å². The molecule has 5 heteroatoms. The zero-order valence-electron chi connectivity index (χ0n) is 16.0. The number of nitrogens with zero attached hydrogens (tertiary/aromatic N) is 1. The molecule has 2 aromatic carbocycles. The highest BCUT2D eigenvalue weighted by molar-refractivity contribution is 5.66. The largest absolute Gasteiger partial charge is 0.489 e. The first-order chi connectivity index (χ1) is 13.0. The van der Waals surface area contributed by atoms with Crippen LogP contribution < -0.4 is 4.74 Å². The second kappa shape index (κ2) is 9.02. The summed E-state index contributed by atoms with van der Waals surface area (Å²) in [7, 11) is 0. The van der Waals surface area contributed by atoms with Gasteiger partial charge in [0.1, 0.15) is 12.4 Å². The molecule has 1 unspecified atom stereocenters. The molecular weight excluding hydrogens is 342 g/mol. The molecule has 1 N–H and O–H groups in total. The molecule has 1 aliphatic heterocycles. The van der Waals surface area contributed by atoms with E-state index in [-0.39, 0.29) is 12.5 Å². The molecule has 1 fully saturated rings. The lowest BCUT2D eigenvalue weighted by Gasteiger charge is -2.32. The van der Waals surface area contributed by atoms with E-state index in [1.165, 1.54) is 16.7 Å². The van der Waals surface area contributed by atoms with Crippen molar-refractivity contribution < 1.29 is 19.4 Å². The molecule has 0 spiro atoms. The maximum Gasteiger partial charge on any atom is 0.304 e. The maximum atomic E-state index is 10.8. The highest BCUT2D eigenvalue weighted by Gasteiger charge is 2.22. The van der Waals surface area contributed by atoms with Crippen LogP contribution in [-0.4, -0.2) is 42.2 Å². The molecule has 0 saturated carbocycles. The summed E-state index contributed by atoms with van der Waals surface area (Å²) in [6.45, 7) is 7.44. The zero-order chi connectivity index (χ0) is 19.2. The monoisotopic (exact) mass is 369 g/mol. The third-order valence-corrected chi connectivity index (χ3v) is 5.07. The summed E-state index contributed by atoms with van der Waals surface area (Å²) in [5.41, 5.74) is 4.80. The Hall–Kier alpha value is -2.37. The third kappa shape index (κ3) is 5.31. The number of aryl methyl sites for hydroxylation is 2. The van der Waals surface area contributed by atoms with E-state index in [2.05, 4.69) is 36.9 Å². The molecule has 3 rings (SSSR count). The normalized spacial score (nSPS) is 17.6. The summed E-state index contributed by atoms with van der Waals surface area (Å²) in [5.74, 6) is 0.0726. The third-order valence-electron chi connectivity index (χ3n) is 5.07. The summed E-state index contributed by atoms with van der Waals surface area (Å²) in [6, 6.07) is 14.3. The van der Waals surface area contributed by atoms with E-state index in [0.29, 0.717) is 19.8 Å². The Morgan fingerprint density at radius 2 is 1.89 bits per heavy atom. The SMILES string of the molecule is Cc1cccc(C)c1COc1ccc(C2CN(CCC(=O)O)CCO2)cc1. The number of hydrogen-bond donors (Lipinski definition) is 1. The van der Waals surface area contributed by atoms with Gasteiger partial charge < -0.3 is 14.6 Å². The van der Waals surface area contributed by atoms with Gasteiger partial charge in [-0.05, 0) is 48.2 Å². The van der Waals surface area contributed by atoms with Crippen LogP contribution in [0.15, 0.2) is 42.5 Å². The zero-order valence-corrected chi connectivity index (χ0v) is 16.0. The standard InChI is InChI=1S/C22H27NO4/c1-16-4-3-5-17(2)20(16)15-27-19-8-6-18(7-9-19)21-14-23(12-13-26-21)11-10-22(24)25/h3-9,21H,10-15H2,1-2H3,(H,24,25). The van der Waals surface area contributed by atoms with E-state index in [1.54, 1.807) is 0 Å². The Morgan fingerprint density at radius 3 is 2.56 bits per heavy atom. The van der Waals surface area contributed by atoms with Crippen LogP contribution in [0.25, 0.3) is 0 Å². The van der Waals surface area contributed by atoms with E-state index in [0.717, 1.165) is 24.4 Å². The van der Waals surface area contributed by atoms with Crippen LogP contribution in [0.3, 0.4) is 0 Å². The molecule has 1 saturated heterocycles. The summed E-state index contributed by atoms with van der Waals surface area (Å²) in [6.07, 6.45) is 0.137. The van der Waals surface area contributed by atoms with Gasteiger partial charge >= 0.3 is 5.97 Å². The van der Waals surface area contributed by atoms with Crippen molar-refractivity contribution in [2.24, 2.45) is 0 Å². The fraction of sp³-hybridized carbons (Fsp3) is 0.409. The van der Waals surface area contributed by atoms with Crippen LogP contribution in [0.1, 0.15) is 34.8 Å². The van der Waals surface area contributed by atoms with Crippen molar-refractivity contribution in [1.29, 1.82) is 0 Å². The van der Waals surface area contributed by atoms with Crippen LogP contribution >= 0.6 is 0 Å². The molecule has 0 aliphatic carbocycles. The number of ether oxygens (including phenoxy) is 2. The van der Waals surface area contributed by atoms with Crippen molar-refractivity contribution in [3.8, 4) is 5.75 Å². The number of rotatable bonds is 7. The lowest BCUT2D eigenvalue weighted by Crippen LogP contribution is -2.39. The predicted molar refractivity (Wildman–Crippen MR) is 104 cm³/mol. The van der Waals surface area contributed by atoms with Gasteiger partial charge in [-0.1, -0.05) is 30.3 Å². The Balaban J connectivity index is 1.57. The van der Waals surface area contributed by atoms with Crippen molar-refractivity contribution in [1.82, 2.24) is 4.90 Å². The molecule has 0 radical (unpaired) electrons. The van der Waals surface area contributed by atoms with E-state index in [4.69, 9.17) is 14.6 Å². The van der Waals surface area contributed by atoms with Gasteiger partial charge in [0.2, 0.25) is 0 Å². The number of carboxylic acids is 1. The number of hydrogen-bond acceptors (Lipinski definition) is 4. The van der Waals surface area contributed by atoms with Gasteiger partial charge in [-0.15, -0.1) is 0 Å². The topological polar surface area (TPSA) is 59.0 Å². The van der Waals surface area contributed by atoms with E-state index in [1.807, 2.05) is 24.3 Å². The minimum Gasteiger partial charge on any atom is -0.489 e. The molecule has 1 aliphatic rings. The fourth-order valence-corrected chi connectivity index (χ4v) is 3.37. The minimum atomic E-state index is -0.761. The summed E-state index contributed by atoms with van der Waals surface area (Å²) < 4.78 is 11.8. The van der Waals surface area contributed by atoms with Crippen molar-refractivity contribution in [2.75, 3.05) is 26.2 Å². The number of benzene rings is 2. The highest BCUT2D eigenvalue weighted by Crippen LogP contribution is 2.25. The first-order valence-corrected chi connectivity index (χ1v) is 9.36. The summed E-state index contributed by atoms with van der Waals surface area (Å²) >= 11 is 0. The van der Waals surface area contributed by atoms with Gasteiger partial charge in [-0.25, -0.2) is 0 Å². The Bertz CT molecular complexity index is 752. The van der Waals surface area contributed by atoms with Gasteiger partial charge in [0, 0.05) is 19.6 Å². The average Bonchev–Trinajstić information content (AvgIpc) is 2.67. The molecule has 0 aromatic heterocycles.